The molecule has 2 heteroatoms. The van der Waals surface area contributed by atoms with Crippen LogP contribution in [0.25, 0.3) is 0 Å². The van der Waals surface area contributed by atoms with Gasteiger partial charge in [-0.2, -0.15) is 0 Å². The lowest BCUT2D eigenvalue weighted by Crippen LogP contribution is -1.96. The molecule has 0 radical (unpaired) electrons. The molecule has 0 spiro atoms. The largest absolute Gasteiger partial charge is 0.466 e. The molecule has 1 aromatic carbocycles. The summed E-state index contributed by atoms with van der Waals surface area (Å²) in [5.41, 5.74) is 1.19. The molecule has 0 unspecified atom stereocenters. The molecule has 74 valence electrons. The van der Waals surface area contributed by atoms with E-state index < -0.39 is 0 Å². The number of benzene rings is 1. The Balaban J connectivity index is 2.63. The van der Waals surface area contributed by atoms with Crippen molar-refractivity contribution in [1.82, 2.24) is 0 Å². The van der Waals surface area contributed by atoms with E-state index in [1.807, 2.05) is 43.3 Å². The monoisotopic (exact) mass is 190 g/mol. The maximum atomic E-state index is 10.8. The molecule has 2 nitrogen and oxygen atoms in total. The Kier molecular flexibility index (Phi) is 3.92. The van der Waals surface area contributed by atoms with Gasteiger partial charge in [0.2, 0.25) is 0 Å². The van der Waals surface area contributed by atoms with Crippen molar-refractivity contribution in [3.8, 4) is 0 Å². The molecule has 1 aromatic rings. The molecule has 0 aliphatic heterocycles. The molecule has 1 rings (SSSR count). The SMILES string of the molecule is COC(=O)/C=C/[C@@H](C)c1ccccc1. The second-order valence-electron chi connectivity index (χ2n) is 3.08. The zero-order valence-corrected chi connectivity index (χ0v) is 8.44. The lowest BCUT2D eigenvalue weighted by molar-refractivity contribution is -0.134. The Labute approximate surface area is 84.2 Å². The van der Waals surface area contributed by atoms with Crippen molar-refractivity contribution < 1.29 is 9.53 Å². The van der Waals surface area contributed by atoms with E-state index in [1.54, 1.807) is 0 Å². The van der Waals surface area contributed by atoms with Crippen LogP contribution in [0.4, 0.5) is 0 Å². The molecule has 0 fully saturated rings. The van der Waals surface area contributed by atoms with E-state index in [2.05, 4.69) is 4.74 Å². The average Bonchev–Trinajstić information content (AvgIpc) is 2.26. The summed E-state index contributed by atoms with van der Waals surface area (Å²) in [6.45, 7) is 2.04. The minimum Gasteiger partial charge on any atom is -0.466 e. The van der Waals surface area contributed by atoms with Crippen LogP contribution in [0.2, 0.25) is 0 Å². The van der Waals surface area contributed by atoms with Crippen molar-refractivity contribution in [2.24, 2.45) is 0 Å². The van der Waals surface area contributed by atoms with Crippen LogP contribution in [0, 0.1) is 0 Å². The first kappa shape index (κ1) is 10.5. The molecular weight excluding hydrogens is 176 g/mol. The van der Waals surface area contributed by atoms with Gasteiger partial charge in [0, 0.05) is 6.08 Å². The van der Waals surface area contributed by atoms with Gasteiger partial charge in [-0.25, -0.2) is 4.79 Å². The van der Waals surface area contributed by atoms with Crippen molar-refractivity contribution in [1.29, 1.82) is 0 Å². The molecule has 0 saturated heterocycles. The number of ether oxygens (including phenoxy) is 1. The van der Waals surface area contributed by atoms with E-state index in [0.717, 1.165) is 0 Å². The Morgan fingerprint density at radius 2 is 2.00 bits per heavy atom. The van der Waals surface area contributed by atoms with Gasteiger partial charge in [-0.05, 0) is 11.5 Å². The van der Waals surface area contributed by atoms with Gasteiger partial charge >= 0.3 is 5.97 Å². The minimum absolute atomic E-state index is 0.232. The van der Waals surface area contributed by atoms with Crippen LogP contribution in [0.15, 0.2) is 42.5 Å². The fourth-order valence-corrected chi connectivity index (χ4v) is 1.16. The highest BCUT2D eigenvalue weighted by atomic mass is 16.5. The maximum Gasteiger partial charge on any atom is 0.330 e. The molecule has 0 heterocycles. The van der Waals surface area contributed by atoms with Crippen LogP contribution in [-0.4, -0.2) is 13.1 Å². The molecule has 0 saturated carbocycles. The van der Waals surface area contributed by atoms with Crippen LogP contribution < -0.4 is 0 Å². The first-order chi connectivity index (χ1) is 6.74. The molecule has 0 amide bonds. The zero-order chi connectivity index (χ0) is 10.4. The van der Waals surface area contributed by atoms with E-state index >= 15 is 0 Å². The molecule has 0 N–H and O–H groups in total. The van der Waals surface area contributed by atoms with Gasteiger partial charge in [-0.1, -0.05) is 43.3 Å². The van der Waals surface area contributed by atoms with E-state index in [1.165, 1.54) is 18.7 Å². The fraction of sp³-hybridized carbons (Fsp3) is 0.250. The highest BCUT2D eigenvalue weighted by Crippen LogP contribution is 2.15. The third-order valence-corrected chi connectivity index (χ3v) is 2.05. The van der Waals surface area contributed by atoms with Gasteiger partial charge < -0.3 is 4.74 Å². The summed E-state index contributed by atoms with van der Waals surface area (Å²) >= 11 is 0. The third kappa shape index (κ3) is 3.05. The van der Waals surface area contributed by atoms with Crippen LogP contribution >= 0.6 is 0 Å². The van der Waals surface area contributed by atoms with E-state index in [-0.39, 0.29) is 11.9 Å². The number of esters is 1. The standard InChI is InChI=1S/C12H14O2/c1-10(8-9-12(13)14-2)11-6-4-3-5-7-11/h3-10H,1-2H3/b9-8+/t10-/m1/s1. The number of methoxy groups -OCH3 is 1. The van der Waals surface area contributed by atoms with E-state index in [4.69, 9.17) is 0 Å². The number of carbonyl (C=O) groups is 1. The third-order valence-electron chi connectivity index (χ3n) is 2.05. The molecule has 0 bridgehead atoms. The quantitative estimate of drug-likeness (QED) is 0.540. The summed E-state index contributed by atoms with van der Waals surface area (Å²) < 4.78 is 4.51. The van der Waals surface area contributed by atoms with Crippen LogP contribution in [0.1, 0.15) is 18.4 Å². The van der Waals surface area contributed by atoms with Crippen molar-refractivity contribution in [2.45, 2.75) is 12.8 Å². The average molecular weight is 190 g/mol. The number of allylic oxidation sites excluding steroid dienone is 1. The molecule has 1 atom stereocenters. The molecule has 0 aliphatic carbocycles. The van der Waals surface area contributed by atoms with Crippen molar-refractivity contribution in [3.05, 3.63) is 48.0 Å². The van der Waals surface area contributed by atoms with Crippen molar-refractivity contribution in [3.63, 3.8) is 0 Å². The van der Waals surface area contributed by atoms with Crippen LogP contribution in [0.5, 0.6) is 0 Å². The second-order valence-corrected chi connectivity index (χ2v) is 3.08. The summed E-state index contributed by atoms with van der Waals surface area (Å²) in [4.78, 5) is 10.8. The first-order valence-corrected chi connectivity index (χ1v) is 4.55. The topological polar surface area (TPSA) is 26.3 Å². The lowest BCUT2D eigenvalue weighted by atomic mass is 10.0. The Bertz CT molecular complexity index is 314. The number of hydrogen-bond acceptors (Lipinski definition) is 2. The summed E-state index contributed by atoms with van der Waals surface area (Å²) in [6.07, 6.45) is 3.29. The van der Waals surface area contributed by atoms with Gasteiger partial charge in [0.05, 0.1) is 7.11 Å². The molecule has 0 aliphatic rings. The van der Waals surface area contributed by atoms with Crippen LogP contribution in [-0.2, 0) is 9.53 Å². The fourth-order valence-electron chi connectivity index (χ4n) is 1.16. The van der Waals surface area contributed by atoms with Crippen molar-refractivity contribution in [2.75, 3.05) is 7.11 Å². The smallest absolute Gasteiger partial charge is 0.330 e. The van der Waals surface area contributed by atoms with Gasteiger partial charge in [-0.15, -0.1) is 0 Å². The second kappa shape index (κ2) is 5.22. The highest BCUT2D eigenvalue weighted by molar-refractivity contribution is 5.81. The lowest BCUT2D eigenvalue weighted by Gasteiger charge is -2.04. The Morgan fingerprint density at radius 1 is 1.36 bits per heavy atom. The van der Waals surface area contributed by atoms with E-state index in [0.29, 0.717) is 0 Å². The normalized spacial score (nSPS) is 12.7. The van der Waals surface area contributed by atoms with Gasteiger partial charge in [0.25, 0.3) is 0 Å². The van der Waals surface area contributed by atoms with Crippen molar-refractivity contribution >= 4 is 5.97 Å². The van der Waals surface area contributed by atoms with Gasteiger partial charge in [-0.3, -0.25) is 0 Å². The first-order valence-electron chi connectivity index (χ1n) is 4.55. The highest BCUT2D eigenvalue weighted by Gasteiger charge is 2.00. The number of carbonyl (C=O) groups excluding carboxylic acids is 1. The molecule has 14 heavy (non-hydrogen) atoms. The number of rotatable bonds is 3. The molecular formula is C12H14O2. The predicted molar refractivity (Wildman–Crippen MR) is 56.0 cm³/mol. The Morgan fingerprint density at radius 3 is 2.57 bits per heavy atom. The summed E-state index contributed by atoms with van der Waals surface area (Å²) in [5, 5.41) is 0. The predicted octanol–water partition coefficient (Wildman–Crippen LogP) is 2.52. The maximum absolute atomic E-state index is 10.8. The molecule has 0 aromatic heterocycles. The number of hydrogen-bond donors (Lipinski definition) is 0. The minimum atomic E-state index is -0.312. The van der Waals surface area contributed by atoms with Gasteiger partial charge in [0.15, 0.2) is 0 Å². The van der Waals surface area contributed by atoms with Gasteiger partial charge in [0.1, 0.15) is 0 Å². The summed E-state index contributed by atoms with van der Waals surface area (Å²) in [5.74, 6) is -0.0805. The summed E-state index contributed by atoms with van der Waals surface area (Å²) in [6, 6.07) is 10.0. The Hall–Kier alpha value is -1.57. The van der Waals surface area contributed by atoms with E-state index in [9.17, 15) is 4.79 Å². The zero-order valence-electron chi connectivity index (χ0n) is 8.44. The summed E-state index contributed by atoms with van der Waals surface area (Å²) in [7, 11) is 1.37. The van der Waals surface area contributed by atoms with Crippen LogP contribution in [0.3, 0.4) is 0 Å².